The van der Waals surface area contributed by atoms with Gasteiger partial charge in [0, 0.05) is 11.6 Å². The molecule has 1 aliphatic rings. The Balaban J connectivity index is 2.13. The minimum absolute atomic E-state index is 0.0943. The van der Waals surface area contributed by atoms with E-state index in [1.54, 1.807) is 12.1 Å². The lowest BCUT2D eigenvalue weighted by Gasteiger charge is -2.55. The summed E-state index contributed by atoms with van der Waals surface area (Å²) in [6, 6.07) is 6.30. The van der Waals surface area contributed by atoms with Gasteiger partial charge in [-0.15, -0.1) is 0 Å². The fourth-order valence-electron chi connectivity index (χ4n) is 2.37. The number of benzene rings is 1. The smallest absolute Gasteiger partial charge is 0.123 e. The van der Waals surface area contributed by atoms with Gasteiger partial charge in [-0.05, 0) is 45.0 Å². The molecule has 0 saturated carbocycles. The number of likely N-dealkylation sites (tertiary alicyclic amines) is 1. The molecule has 1 saturated heterocycles. The van der Waals surface area contributed by atoms with E-state index < -0.39 is 6.10 Å². The SMILES string of the molecule is CN1C(C(O)c2cccc(F)c2)CC1(C)C. The average Bonchev–Trinajstić information content (AvgIpc) is 2.25. The zero-order chi connectivity index (χ0) is 11.9. The second kappa shape index (κ2) is 3.82. The number of hydrogen-bond acceptors (Lipinski definition) is 2. The summed E-state index contributed by atoms with van der Waals surface area (Å²) < 4.78 is 13.0. The van der Waals surface area contributed by atoms with Gasteiger partial charge in [0.25, 0.3) is 0 Å². The molecule has 2 unspecified atom stereocenters. The molecule has 1 fully saturated rings. The van der Waals surface area contributed by atoms with Crippen LogP contribution in [0.3, 0.4) is 0 Å². The van der Waals surface area contributed by atoms with Crippen molar-refractivity contribution in [3.05, 3.63) is 35.6 Å². The van der Waals surface area contributed by atoms with Crippen LogP contribution in [0.1, 0.15) is 31.9 Å². The fourth-order valence-corrected chi connectivity index (χ4v) is 2.37. The minimum atomic E-state index is -0.603. The van der Waals surface area contributed by atoms with Crippen LogP contribution in [-0.4, -0.2) is 28.6 Å². The molecular weight excluding hydrogens is 205 g/mol. The van der Waals surface area contributed by atoms with Crippen molar-refractivity contribution in [2.24, 2.45) is 0 Å². The van der Waals surface area contributed by atoms with Crippen LogP contribution < -0.4 is 0 Å². The summed E-state index contributed by atoms with van der Waals surface area (Å²) in [5.74, 6) is -0.294. The molecule has 0 radical (unpaired) electrons. The van der Waals surface area contributed by atoms with E-state index in [9.17, 15) is 9.50 Å². The zero-order valence-electron chi connectivity index (χ0n) is 9.94. The molecule has 0 aromatic heterocycles. The molecule has 0 bridgehead atoms. The first kappa shape index (κ1) is 11.6. The third kappa shape index (κ3) is 1.85. The van der Waals surface area contributed by atoms with Crippen LogP contribution in [0.25, 0.3) is 0 Å². The van der Waals surface area contributed by atoms with E-state index in [1.165, 1.54) is 12.1 Å². The highest BCUT2D eigenvalue weighted by molar-refractivity contribution is 5.22. The summed E-state index contributed by atoms with van der Waals surface area (Å²) in [6.45, 7) is 4.28. The standard InChI is InChI=1S/C13H18FNO/c1-13(2)8-11(15(13)3)12(16)9-5-4-6-10(14)7-9/h4-7,11-12,16H,8H2,1-3H3. The van der Waals surface area contributed by atoms with Gasteiger partial charge in [-0.3, -0.25) is 4.90 Å². The van der Waals surface area contributed by atoms with Gasteiger partial charge in [0.2, 0.25) is 0 Å². The maximum absolute atomic E-state index is 13.0. The summed E-state index contributed by atoms with van der Waals surface area (Å²) in [7, 11) is 2.00. The second-order valence-electron chi connectivity index (χ2n) is 5.19. The monoisotopic (exact) mass is 223 g/mol. The highest BCUT2D eigenvalue weighted by Crippen LogP contribution is 2.40. The molecule has 1 heterocycles. The van der Waals surface area contributed by atoms with Gasteiger partial charge in [-0.1, -0.05) is 12.1 Å². The van der Waals surface area contributed by atoms with Crippen molar-refractivity contribution in [2.75, 3.05) is 7.05 Å². The van der Waals surface area contributed by atoms with Crippen molar-refractivity contribution >= 4 is 0 Å². The Labute approximate surface area is 95.7 Å². The predicted molar refractivity (Wildman–Crippen MR) is 61.6 cm³/mol. The number of likely N-dealkylation sites (N-methyl/N-ethyl adjacent to an activating group) is 1. The Morgan fingerprint density at radius 2 is 2.19 bits per heavy atom. The van der Waals surface area contributed by atoms with Crippen molar-refractivity contribution < 1.29 is 9.50 Å². The van der Waals surface area contributed by atoms with Crippen LogP contribution in [0.5, 0.6) is 0 Å². The molecule has 2 rings (SSSR count). The topological polar surface area (TPSA) is 23.5 Å². The maximum atomic E-state index is 13.0. The van der Waals surface area contributed by atoms with E-state index in [0.717, 1.165) is 6.42 Å². The lowest BCUT2D eigenvalue weighted by atomic mass is 9.78. The van der Waals surface area contributed by atoms with E-state index >= 15 is 0 Å². The third-order valence-corrected chi connectivity index (χ3v) is 3.72. The van der Waals surface area contributed by atoms with Gasteiger partial charge >= 0.3 is 0 Å². The van der Waals surface area contributed by atoms with Crippen LogP contribution in [-0.2, 0) is 0 Å². The van der Waals surface area contributed by atoms with Crippen molar-refractivity contribution in [2.45, 2.75) is 38.0 Å². The molecule has 1 N–H and O–H groups in total. The maximum Gasteiger partial charge on any atom is 0.123 e. The van der Waals surface area contributed by atoms with E-state index in [2.05, 4.69) is 18.7 Å². The molecule has 1 aromatic rings. The molecule has 2 nitrogen and oxygen atoms in total. The molecule has 1 aromatic carbocycles. The predicted octanol–water partition coefficient (Wildman–Crippen LogP) is 2.34. The van der Waals surface area contributed by atoms with E-state index in [0.29, 0.717) is 5.56 Å². The van der Waals surface area contributed by atoms with Crippen LogP contribution in [0.2, 0.25) is 0 Å². The van der Waals surface area contributed by atoms with E-state index in [4.69, 9.17) is 0 Å². The number of rotatable bonds is 2. The Kier molecular flexibility index (Phi) is 2.76. The molecule has 3 heteroatoms. The van der Waals surface area contributed by atoms with Crippen molar-refractivity contribution in [3.63, 3.8) is 0 Å². The fraction of sp³-hybridized carbons (Fsp3) is 0.538. The third-order valence-electron chi connectivity index (χ3n) is 3.72. The van der Waals surface area contributed by atoms with Gasteiger partial charge in [-0.25, -0.2) is 4.39 Å². The largest absolute Gasteiger partial charge is 0.387 e. The number of halogens is 1. The van der Waals surface area contributed by atoms with Gasteiger partial charge < -0.3 is 5.11 Å². The molecule has 0 spiro atoms. The normalized spacial score (nSPS) is 26.2. The number of aliphatic hydroxyl groups excluding tert-OH is 1. The molecule has 1 aliphatic heterocycles. The van der Waals surface area contributed by atoms with Crippen LogP contribution in [0.4, 0.5) is 4.39 Å². The van der Waals surface area contributed by atoms with Gasteiger partial charge in [-0.2, -0.15) is 0 Å². The van der Waals surface area contributed by atoms with Gasteiger partial charge in [0.15, 0.2) is 0 Å². The molecule has 16 heavy (non-hydrogen) atoms. The van der Waals surface area contributed by atoms with Crippen LogP contribution in [0.15, 0.2) is 24.3 Å². The van der Waals surface area contributed by atoms with Crippen molar-refractivity contribution in [3.8, 4) is 0 Å². The summed E-state index contributed by atoms with van der Waals surface area (Å²) in [5.41, 5.74) is 0.797. The number of hydrogen-bond donors (Lipinski definition) is 1. The van der Waals surface area contributed by atoms with Crippen molar-refractivity contribution in [1.82, 2.24) is 4.90 Å². The Bertz CT molecular complexity index is 391. The first-order chi connectivity index (χ1) is 7.42. The average molecular weight is 223 g/mol. The summed E-state index contributed by atoms with van der Waals surface area (Å²) in [6.07, 6.45) is 0.329. The second-order valence-corrected chi connectivity index (χ2v) is 5.19. The summed E-state index contributed by atoms with van der Waals surface area (Å²) >= 11 is 0. The van der Waals surface area contributed by atoms with E-state index in [-0.39, 0.29) is 17.4 Å². The van der Waals surface area contributed by atoms with E-state index in [1.807, 2.05) is 7.05 Å². The summed E-state index contributed by atoms with van der Waals surface area (Å²) in [4.78, 5) is 2.14. The minimum Gasteiger partial charge on any atom is -0.387 e. The Morgan fingerprint density at radius 1 is 1.50 bits per heavy atom. The Morgan fingerprint density at radius 3 is 2.69 bits per heavy atom. The summed E-state index contributed by atoms with van der Waals surface area (Å²) in [5, 5.41) is 10.2. The van der Waals surface area contributed by atoms with Crippen molar-refractivity contribution in [1.29, 1.82) is 0 Å². The highest BCUT2D eigenvalue weighted by Gasteiger charge is 2.45. The quantitative estimate of drug-likeness (QED) is 0.832. The van der Waals surface area contributed by atoms with Crippen LogP contribution >= 0.6 is 0 Å². The molecular formula is C13H18FNO. The first-order valence-electron chi connectivity index (χ1n) is 5.58. The molecule has 0 aliphatic carbocycles. The molecule has 2 atom stereocenters. The van der Waals surface area contributed by atoms with Crippen LogP contribution in [0, 0.1) is 5.82 Å². The molecule has 88 valence electrons. The zero-order valence-corrected chi connectivity index (χ0v) is 9.94. The molecule has 0 amide bonds. The number of aliphatic hydroxyl groups is 1. The lowest BCUT2D eigenvalue weighted by molar-refractivity contribution is -0.0886. The number of nitrogens with zero attached hydrogens (tertiary/aromatic N) is 1. The van der Waals surface area contributed by atoms with Gasteiger partial charge in [0.1, 0.15) is 5.82 Å². The lowest BCUT2D eigenvalue weighted by Crippen LogP contribution is -2.62. The first-order valence-corrected chi connectivity index (χ1v) is 5.58. The highest BCUT2D eigenvalue weighted by atomic mass is 19.1. The Hall–Kier alpha value is -0.930. The van der Waals surface area contributed by atoms with Gasteiger partial charge in [0.05, 0.1) is 6.10 Å².